The van der Waals surface area contributed by atoms with Crippen molar-refractivity contribution in [2.75, 3.05) is 31.5 Å². The summed E-state index contributed by atoms with van der Waals surface area (Å²) < 4.78 is 0. The molecule has 1 aliphatic heterocycles. The highest BCUT2D eigenvalue weighted by Gasteiger charge is 2.08. The van der Waals surface area contributed by atoms with Crippen LogP contribution < -0.4 is 5.32 Å². The number of nitrogens with zero attached hydrogens (tertiary/aromatic N) is 3. The number of unbranched alkanes of at least 4 members (excludes halogenated alkanes) is 2. The lowest BCUT2D eigenvalue weighted by Crippen LogP contribution is -2.30. The Morgan fingerprint density at radius 1 is 1.10 bits per heavy atom. The van der Waals surface area contributed by atoms with Gasteiger partial charge in [0.05, 0.1) is 11.4 Å². The zero-order valence-electron chi connectivity index (χ0n) is 13.0. The highest BCUT2D eigenvalue weighted by Crippen LogP contribution is 2.11. The highest BCUT2D eigenvalue weighted by atomic mass is 15.1. The molecule has 0 unspecified atom stereocenters. The fourth-order valence-corrected chi connectivity index (χ4v) is 2.73. The second kappa shape index (κ2) is 8.20. The Kier molecular flexibility index (Phi) is 6.25. The number of likely N-dealkylation sites (tertiary alicyclic amines) is 1. The average molecular weight is 276 g/mol. The number of rotatable bonds is 7. The summed E-state index contributed by atoms with van der Waals surface area (Å²) in [6.07, 6.45) is 9.86. The maximum absolute atomic E-state index is 4.48. The first-order valence-corrected chi connectivity index (χ1v) is 8.02. The molecule has 0 bridgehead atoms. The van der Waals surface area contributed by atoms with Gasteiger partial charge in [-0.3, -0.25) is 4.98 Å². The summed E-state index contributed by atoms with van der Waals surface area (Å²) in [6.45, 7) is 8.90. The molecular formula is C16H28N4. The summed E-state index contributed by atoms with van der Waals surface area (Å²) in [7, 11) is 0. The maximum Gasteiger partial charge on any atom is 0.147 e. The molecule has 1 fully saturated rings. The number of anilines is 1. The van der Waals surface area contributed by atoms with Gasteiger partial charge in [-0.25, -0.2) is 4.98 Å². The van der Waals surface area contributed by atoms with Gasteiger partial charge in [-0.1, -0.05) is 12.8 Å². The Balaban J connectivity index is 1.56. The molecule has 1 aliphatic rings. The summed E-state index contributed by atoms with van der Waals surface area (Å²) in [6, 6.07) is 0. The van der Waals surface area contributed by atoms with E-state index in [1.165, 1.54) is 58.2 Å². The Bertz CT molecular complexity index is 399. The molecule has 112 valence electrons. The third kappa shape index (κ3) is 5.08. The number of aromatic nitrogens is 2. The van der Waals surface area contributed by atoms with Gasteiger partial charge in [0.25, 0.3) is 0 Å². The van der Waals surface area contributed by atoms with Gasteiger partial charge < -0.3 is 10.2 Å². The Morgan fingerprint density at radius 2 is 1.90 bits per heavy atom. The second-order valence-electron chi connectivity index (χ2n) is 5.84. The Hall–Kier alpha value is -1.16. The van der Waals surface area contributed by atoms with Crippen molar-refractivity contribution in [2.45, 2.75) is 52.4 Å². The van der Waals surface area contributed by atoms with Crippen molar-refractivity contribution >= 4 is 5.82 Å². The van der Waals surface area contributed by atoms with Crippen LogP contribution in [-0.2, 0) is 0 Å². The molecule has 2 heterocycles. The molecule has 0 saturated carbocycles. The van der Waals surface area contributed by atoms with Crippen molar-refractivity contribution in [3.05, 3.63) is 17.6 Å². The molecule has 1 aromatic rings. The van der Waals surface area contributed by atoms with Gasteiger partial charge in [-0.2, -0.15) is 0 Å². The number of aryl methyl sites for hydroxylation is 2. The van der Waals surface area contributed by atoms with Gasteiger partial charge in [0.15, 0.2) is 0 Å². The van der Waals surface area contributed by atoms with Crippen LogP contribution in [0.4, 0.5) is 5.82 Å². The molecule has 20 heavy (non-hydrogen) atoms. The number of piperidine rings is 1. The van der Waals surface area contributed by atoms with Gasteiger partial charge in [0.1, 0.15) is 5.82 Å². The van der Waals surface area contributed by atoms with E-state index in [1.54, 1.807) is 0 Å². The predicted molar refractivity (Wildman–Crippen MR) is 84.1 cm³/mol. The van der Waals surface area contributed by atoms with Crippen molar-refractivity contribution in [1.82, 2.24) is 14.9 Å². The largest absolute Gasteiger partial charge is 0.369 e. The normalized spacial score (nSPS) is 16.3. The zero-order chi connectivity index (χ0) is 14.2. The van der Waals surface area contributed by atoms with E-state index in [9.17, 15) is 0 Å². The Labute approximate surface area is 123 Å². The lowest BCUT2D eigenvalue weighted by Gasteiger charge is -2.26. The van der Waals surface area contributed by atoms with Gasteiger partial charge in [-0.15, -0.1) is 0 Å². The van der Waals surface area contributed by atoms with Gasteiger partial charge in [0, 0.05) is 12.7 Å². The third-order valence-electron chi connectivity index (χ3n) is 3.97. The van der Waals surface area contributed by atoms with Crippen molar-refractivity contribution < 1.29 is 0 Å². The first kappa shape index (κ1) is 15.2. The monoisotopic (exact) mass is 276 g/mol. The summed E-state index contributed by atoms with van der Waals surface area (Å²) in [5, 5.41) is 3.40. The minimum Gasteiger partial charge on any atom is -0.369 e. The van der Waals surface area contributed by atoms with Crippen molar-refractivity contribution in [1.29, 1.82) is 0 Å². The van der Waals surface area contributed by atoms with Crippen LogP contribution in [0.2, 0.25) is 0 Å². The van der Waals surface area contributed by atoms with Gasteiger partial charge >= 0.3 is 0 Å². The molecule has 1 N–H and O–H groups in total. The quantitative estimate of drug-likeness (QED) is 0.777. The first-order valence-electron chi connectivity index (χ1n) is 8.02. The van der Waals surface area contributed by atoms with Crippen LogP contribution in [-0.4, -0.2) is 41.0 Å². The van der Waals surface area contributed by atoms with E-state index in [0.29, 0.717) is 0 Å². The van der Waals surface area contributed by atoms with E-state index in [2.05, 4.69) is 20.2 Å². The molecule has 0 aromatic carbocycles. The number of hydrogen-bond acceptors (Lipinski definition) is 4. The summed E-state index contributed by atoms with van der Waals surface area (Å²) in [4.78, 5) is 11.4. The predicted octanol–water partition coefficient (Wildman–Crippen LogP) is 3.16. The smallest absolute Gasteiger partial charge is 0.147 e. The summed E-state index contributed by atoms with van der Waals surface area (Å²) in [5.74, 6) is 0.945. The molecule has 1 saturated heterocycles. The van der Waals surface area contributed by atoms with E-state index < -0.39 is 0 Å². The van der Waals surface area contributed by atoms with Crippen molar-refractivity contribution in [2.24, 2.45) is 0 Å². The molecule has 1 aromatic heterocycles. The second-order valence-corrected chi connectivity index (χ2v) is 5.84. The van der Waals surface area contributed by atoms with Crippen LogP contribution in [0, 0.1) is 13.8 Å². The van der Waals surface area contributed by atoms with E-state index in [4.69, 9.17) is 0 Å². The molecule has 4 nitrogen and oxygen atoms in total. The minimum atomic E-state index is 0.945. The fourth-order valence-electron chi connectivity index (χ4n) is 2.73. The average Bonchev–Trinajstić information content (AvgIpc) is 2.47. The molecule has 0 amide bonds. The van der Waals surface area contributed by atoms with Crippen LogP contribution in [0.5, 0.6) is 0 Å². The SMILES string of the molecule is Cc1cnc(C)c(NCCCCCN2CCCCC2)n1. The summed E-state index contributed by atoms with van der Waals surface area (Å²) >= 11 is 0. The van der Waals surface area contributed by atoms with Crippen LogP contribution in [0.3, 0.4) is 0 Å². The van der Waals surface area contributed by atoms with E-state index in [0.717, 1.165) is 23.8 Å². The molecule has 4 heteroatoms. The van der Waals surface area contributed by atoms with Gasteiger partial charge in [0.2, 0.25) is 0 Å². The molecular weight excluding hydrogens is 248 g/mol. The standard InChI is InChI=1S/C16H28N4/c1-14-13-18-15(2)16(19-14)17-9-5-3-6-10-20-11-7-4-8-12-20/h13H,3-12H2,1-2H3,(H,17,19). The summed E-state index contributed by atoms with van der Waals surface area (Å²) in [5.41, 5.74) is 1.96. The van der Waals surface area contributed by atoms with E-state index >= 15 is 0 Å². The lowest BCUT2D eigenvalue weighted by atomic mass is 10.1. The van der Waals surface area contributed by atoms with Gasteiger partial charge in [-0.05, 0) is 59.2 Å². The third-order valence-corrected chi connectivity index (χ3v) is 3.97. The fraction of sp³-hybridized carbons (Fsp3) is 0.750. The minimum absolute atomic E-state index is 0.945. The molecule has 0 atom stereocenters. The van der Waals surface area contributed by atoms with Crippen molar-refractivity contribution in [3.63, 3.8) is 0 Å². The molecule has 0 radical (unpaired) electrons. The van der Waals surface area contributed by atoms with Crippen LogP contribution >= 0.6 is 0 Å². The molecule has 0 spiro atoms. The maximum atomic E-state index is 4.48. The lowest BCUT2D eigenvalue weighted by molar-refractivity contribution is 0.224. The zero-order valence-corrected chi connectivity index (χ0v) is 13.0. The van der Waals surface area contributed by atoms with E-state index in [-0.39, 0.29) is 0 Å². The van der Waals surface area contributed by atoms with Crippen LogP contribution in [0.1, 0.15) is 49.9 Å². The highest BCUT2D eigenvalue weighted by molar-refractivity contribution is 5.39. The Morgan fingerprint density at radius 3 is 2.70 bits per heavy atom. The van der Waals surface area contributed by atoms with Crippen molar-refractivity contribution in [3.8, 4) is 0 Å². The first-order chi connectivity index (χ1) is 9.75. The number of hydrogen-bond donors (Lipinski definition) is 1. The molecule has 0 aliphatic carbocycles. The topological polar surface area (TPSA) is 41.1 Å². The van der Waals surface area contributed by atoms with Crippen LogP contribution in [0.25, 0.3) is 0 Å². The number of nitrogens with one attached hydrogen (secondary N) is 1. The van der Waals surface area contributed by atoms with E-state index in [1.807, 2.05) is 20.0 Å². The van der Waals surface area contributed by atoms with Crippen LogP contribution in [0.15, 0.2) is 6.20 Å². The molecule has 2 rings (SSSR count).